The third kappa shape index (κ3) is 17.9. The fourth-order valence-corrected chi connectivity index (χ4v) is 4.07. The first-order valence-corrected chi connectivity index (χ1v) is 13.0. The van der Waals surface area contributed by atoms with E-state index in [1.807, 2.05) is 0 Å². The summed E-state index contributed by atoms with van der Waals surface area (Å²) in [5.74, 6) is -0.147. The van der Waals surface area contributed by atoms with Gasteiger partial charge in [-0.25, -0.2) is 0 Å². The van der Waals surface area contributed by atoms with Gasteiger partial charge in [0, 0.05) is 12.8 Å². The third-order valence-corrected chi connectivity index (χ3v) is 6.12. The van der Waals surface area contributed by atoms with Crippen LogP contribution in [0.25, 0.3) is 0 Å². The zero-order chi connectivity index (χ0) is 21.6. The lowest BCUT2D eigenvalue weighted by Gasteiger charge is -2.12. The average Bonchev–Trinajstić information content (AvgIpc) is 2.72. The van der Waals surface area contributed by atoms with Crippen LogP contribution in [-0.4, -0.2) is 11.6 Å². The van der Waals surface area contributed by atoms with Gasteiger partial charge in [-0.15, -0.1) is 0 Å². The van der Waals surface area contributed by atoms with Crippen LogP contribution in [-0.2, 0) is 9.59 Å². The van der Waals surface area contributed by atoms with Crippen molar-refractivity contribution >= 4 is 11.6 Å². The zero-order valence-electron chi connectivity index (χ0n) is 20.0. The first-order chi connectivity index (χ1) is 14.2. The van der Waals surface area contributed by atoms with Gasteiger partial charge in [0.1, 0.15) is 11.6 Å². The molecule has 0 saturated carbocycles. The second-order valence-electron chi connectivity index (χ2n) is 8.93. The normalized spacial score (nSPS) is 11.3. The molecule has 0 aliphatic rings. The van der Waals surface area contributed by atoms with Gasteiger partial charge in [-0.3, -0.25) is 9.59 Å². The molecule has 0 atom stereocenters. The molecule has 171 valence electrons. The highest BCUT2D eigenvalue weighted by atomic mass is 16.1. The van der Waals surface area contributed by atoms with Crippen LogP contribution in [0.3, 0.4) is 0 Å². The van der Waals surface area contributed by atoms with Crippen LogP contribution in [0.5, 0.6) is 0 Å². The maximum Gasteiger partial charge on any atom is 0.143 e. The Morgan fingerprint density at radius 2 is 0.793 bits per heavy atom. The minimum Gasteiger partial charge on any atom is -0.299 e. The van der Waals surface area contributed by atoms with Gasteiger partial charge in [-0.05, 0) is 19.3 Å². The Hall–Kier alpha value is -0.660. The third-order valence-electron chi connectivity index (χ3n) is 6.12. The smallest absolute Gasteiger partial charge is 0.143 e. The van der Waals surface area contributed by atoms with Gasteiger partial charge in [0.15, 0.2) is 0 Å². The summed E-state index contributed by atoms with van der Waals surface area (Å²) >= 11 is 0. The minimum absolute atomic E-state index is 0.142. The summed E-state index contributed by atoms with van der Waals surface area (Å²) in [4.78, 5) is 24.8. The highest BCUT2D eigenvalue weighted by molar-refractivity contribution is 6.02. The van der Waals surface area contributed by atoms with Crippen molar-refractivity contribution in [2.45, 2.75) is 149 Å². The van der Waals surface area contributed by atoms with Crippen molar-refractivity contribution in [3.8, 4) is 0 Å². The van der Waals surface area contributed by atoms with Crippen molar-refractivity contribution in [1.82, 2.24) is 0 Å². The summed E-state index contributed by atoms with van der Waals surface area (Å²) in [6.07, 6.45) is 24.1. The monoisotopic (exact) mass is 407 g/mol. The molecule has 1 radical (unpaired) electrons. The maximum absolute atomic E-state index is 12.4. The van der Waals surface area contributed by atoms with E-state index in [2.05, 4.69) is 20.8 Å². The van der Waals surface area contributed by atoms with E-state index >= 15 is 0 Å². The topological polar surface area (TPSA) is 34.1 Å². The Kier molecular flexibility index (Phi) is 21.5. The quantitative estimate of drug-likeness (QED) is 0.125. The molecule has 2 heteroatoms. The van der Waals surface area contributed by atoms with E-state index in [1.165, 1.54) is 89.9 Å². The molecular formula is C27H51O2. The van der Waals surface area contributed by atoms with Gasteiger partial charge in [-0.1, -0.05) is 124 Å². The van der Waals surface area contributed by atoms with Gasteiger partial charge in [0.2, 0.25) is 0 Å². The van der Waals surface area contributed by atoms with Gasteiger partial charge >= 0.3 is 0 Å². The average molecular weight is 408 g/mol. The lowest BCUT2D eigenvalue weighted by molar-refractivity contribution is -0.132. The summed E-state index contributed by atoms with van der Waals surface area (Å²) in [6, 6.07) is 0. The lowest BCUT2D eigenvalue weighted by atomic mass is 9.89. The minimum atomic E-state index is -0.432. The molecule has 0 spiro atoms. The molecule has 0 aliphatic heterocycles. The molecule has 2 nitrogen and oxygen atoms in total. The number of ketones is 2. The van der Waals surface area contributed by atoms with Crippen LogP contribution in [0, 0.1) is 12.8 Å². The van der Waals surface area contributed by atoms with Crippen LogP contribution in [0.1, 0.15) is 149 Å². The number of rotatable bonds is 23. The summed E-state index contributed by atoms with van der Waals surface area (Å²) in [5, 5.41) is 0. The molecule has 0 heterocycles. The summed E-state index contributed by atoms with van der Waals surface area (Å²) in [7, 11) is 0. The molecule has 29 heavy (non-hydrogen) atoms. The largest absolute Gasteiger partial charge is 0.299 e. The van der Waals surface area contributed by atoms with Gasteiger partial charge in [0.25, 0.3) is 0 Å². The molecule has 0 amide bonds. The summed E-state index contributed by atoms with van der Waals surface area (Å²) in [6.45, 7) is 8.37. The van der Waals surface area contributed by atoms with Crippen molar-refractivity contribution in [3.63, 3.8) is 0 Å². The van der Waals surface area contributed by atoms with E-state index in [0.717, 1.165) is 25.7 Å². The molecule has 0 aromatic carbocycles. The molecule has 0 aromatic heterocycles. The van der Waals surface area contributed by atoms with Crippen molar-refractivity contribution in [2.75, 3.05) is 0 Å². The molecular weight excluding hydrogens is 356 g/mol. The lowest BCUT2D eigenvalue weighted by Crippen LogP contribution is -2.23. The van der Waals surface area contributed by atoms with Gasteiger partial charge in [-0.2, -0.15) is 0 Å². The Bertz CT molecular complexity index is 341. The molecule has 0 saturated heterocycles. The fourth-order valence-electron chi connectivity index (χ4n) is 4.07. The van der Waals surface area contributed by atoms with Gasteiger partial charge < -0.3 is 0 Å². The first kappa shape index (κ1) is 28.3. The van der Waals surface area contributed by atoms with Crippen LogP contribution >= 0.6 is 0 Å². The molecule has 0 aliphatic carbocycles. The van der Waals surface area contributed by atoms with E-state index in [9.17, 15) is 9.59 Å². The molecule has 0 aromatic rings. The van der Waals surface area contributed by atoms with E-state index in [0.29, 0.717) is 19.3 Å². The summed E-state index contributed by atoms with van der Waals surface area (Å²) < 4.78 is 0. The van der Waals surface area contributed by atoms with Crippen LogP contribution in [0.4, 0.5) is 0 Å². The second-order valence-corrected chi connectivity index (χ2v) is 8.93. The van der Waals surface area contributed by atoms with Crippen LogP contribution in [0.15, 0.2) is 0 Å². The van der Waals surface area contributed by atoms with E-state index in [4.69, 9.17) is 0 Å². The van der Waals surface area contributed by atoms with E-state index in [-0.39, 0.29) is 11.6 Å². The van der Waals surface area contributed by atoms with Gasteiger partial charge in [0.05, 0.1) is 5.92 Å². The number of unbranched alkanes of at least 4 members (excludes halogenated alkanes) is 16. The predicted molar refractivity (Wildman–Crippen MR) is 127 cm³/mol. The number of carbonyl (C=O) groups is 2. The molecule has 0 fully saturated rings. The van der Waals surface area contributed by atoms with E-state index < -0.39 is 5.92 Å². The standard InChI is InChI=1S/C27H51O2/c1-4-7-9-11-13-15-17-19-21-23-26(28)25(6-3)27(29)24-22-20-18-16-14-12-10-8-5-2/h25H,3-24H2,1-2H3. The van der Waals surface area contributed by atoms with Crippen molar-refractivity contribution in [3.05, 3.63) is 6.92 Å². The number of hydrogen-bond acceptors (Lipinski definition) is 2. The highest BCUT2D eigenvalue weighted by Gasteiger charge is 2.23. The Balaban J connectivity index is 3.69. The predicted octanol–water partition coefficient (Wildman–Crippen LogP) is 8.81. The molecule has 0 unspecified atom stereocenters. The van der Waals surface area contributed by atoms with Crippen molar-refractivity contribution < 1.29 is 9.59 Å². The van der Waals surface area contributed by atoms with E-state index in [1.54, 1.807) is 0 Å². The molecule has 0 N–H and O–H groups in total. The Labute approximate surface area is 183 Å². The Morgan fingerprint density at radius 1 is 0.517 bits per heavy atom. The van der Waals surface area contributed by atoms with Crippen molar-refractivity contribution in [2.24, 2.45) is 5.92 Å². The summed E-state index contributed by atoms with van der Waals surface area (Å²) in [5.41, 5.74) is 0. The Morgan fingerprint density at radius 3 is 1.07 bits per heavy atom. The number of carbonyl (C=O) groups excluding carboxylic acids is 2. The van der Waals surface area contributed by atoms with Crippen LogP contribution < -0.4 is 0 Å². The first-order valence-electron chi connectivity index (χ1n) is 13.0. The second kappa shape index (κ2) is 22.0. The molecule has 0 rings (SSSR count). The fraction of sp³-hybridized carbons (Fsp3) is 0.889. The number of hydrogen-bond donors (Lipinski definition) is 0. The van der Waals surface area contributed by atoms with Crippen molar-refractivity contribution in [1.29, 1.82) is 0 Å². The highest BCUT2D eigenvalue weighted by Crippen LogP contribution is 2.17. The zero-order valence-corrected chi connectivity index (χ0v) is 20.0. The van der Waals surface area contributed by atoms with Crippen LogP contribution in [0.2, 0.25) is 0 Å². The number of Topliss-reactive ketones (excluding diaryl/α,β-unsaturated/α-hetero) is 2. The maximum atomic E-state index is 12.4. The SMILES string of the molecule is [CH2]CC(C(=O)CCCCCCCCCCC)C(=O)CCCCCCCCCCC. The molecule has 0 bridgehead atoms.